The summed E-state index contributed by atoms with van der Waals surface area (Å²) in [5, 5.41) is 18.7. The molecular weight excluding hydrogens is 276 g/mol. The number of carbonyl (C=O) groups excluding carboxylic acids is 1. The van der Waals surface area contributed by atoms with Crippen LogP contribution >= 0.6 is 15.9 Å². The molecule has 88 valence electrons. The largest absolute Gasteiger partial charge is 0.507 e. The normalized spacial score (nSPS) is 10.2. The van der Waals surface area contributed by atoms with Gasteiger partial charge in [0.15, 0.2) is 5.78 Å². The van der Waals surface area contributed by atoms with Crippen molar-refractivity contribution >= 4 is 21.7 Å². The second-order valence-electron chi connectivity index (χ2n) is 3.21. The molecule has 0 aliphatic rings. The fraction of sp³-hybridized carbons (Fsp3) is 0.364. The van der Waals surface area contributed by atoms with E-state index in [0.717, 1.165) is 0 Å². The Morgan fingerprint density at radius 1 is 1.50 bits per heavy atom. The first kappa shape index (κ1) is 13.0. The zero-order chi connectivity index (χ0) is 12.1. The van der Waals surface area contributed by atoms with E-state index in [1.54, 1.807) is 6.07 Å². The highest BCUT2D eigenvalue weighted by molar-refractivity contribution is 9.09. The van der Waals surface area contributed by atoms with Crippen LogP contribution in [-0.4, -0.2) is 35.0 Å². The van der Waals surface area contributed by atoms with Gasteiger partial charge in [0.05, 0.1) is 18.0 Å². The van der Waals surface area contributed by atoms with E-state index in [1.807, 2.05) is 0 Å². The number of benzene rings is 1. The van der Waals surface area contributed by atoms with Crippen LogP contribution in [0, 0.1) is 0 Å². The second-order valence-corrected chi connectivity index (χ2v) is 3.77. The van der Waals surface area contributed by atoms with E-state index in [9.17, 15) is 9.90 Å². The van der Waals surface area contributed by atoms with Crippen molar-refractivity contribution in [3.63, 3.8) is 0 Å². The van der Waals surface area contributed by atoms with Gasteiger partial charge in [-0.3, -0.25) is 4.79 Å². The molecule has 0 aromatic heterocycles. The number of phenolic OH excluding ortho intramolecular Hbond substituents is 1. The number of hydrogen-bond acceptors (Lipinski definition) is 4. The number of hydrogen-bond donors (Lipinski definition) is 2. The molecule has 1 aromatic rings. The molecule has 0 heterocycles. The summed E-state index contributed by atoms with van der Waals surface area (Å²) in [7, 11) is 1.47. The third-order valence-corrected chi connectivity index (χ3v) is 2.71. The van der Waals surface area contributed by atoms with Crippen LogP contribution in [0.4, 0.5) is 0 Å². The molecule has 0 saturated carbocycles. The van der Waals surface area contributed by atoms with Crippen LogP contribution in [0.3, 0.4) is 0 Å². The van der Waals surface area contributed by atoms with Crippen LogP contribution in [0.2, 0.25) is 0 Å². The zero-order valence-corrected chi connectivity index (χ0v) is 10.5. The topological polar surface area (TPSA) is 66.8 Å². The fourth-order valence-corrected chi connectivity index (χ4v) is 1.72. The molecule has 0 aliphatic carbocycles. The minimum Gasteiger partial charge on any atom is -0.507 e. The molecule has 0 radical (unpaired) electrons. The highest BCUT2D eigenvalue weighted by Crippen LogP contribution is 2.29. The molecule has 0 aliphatic heterocycles. The van der Waals surface area contributed by atoms with Gasteiger partial charge in [-0.05, 0) is 18.1 Å². The summed E-state index contributed by atoms with van der Waals surface area (Å²) in [6, 6.07) is 2.94. The van der Waals surface area contributed by atoms with Gasteiger partial charge in [-0.2, -0.15) is 0 Å². The summed E-state index contributed by atoms with van der Waals surface area (Å²) in [5.41, 5.74) is 0.938. The zero-order valence-electron chi connectivity index (χ0n) is 8.86. The van der Waals surface area contributed by atoms with E-state index in [1.165, 1.54) is 13.2 Å². The van der Waals surface area contributed by atoms with Gasteiger partial charge in [0.1, 0.15) is 11.5 Å². The molecule has 0 atom stereocenters. The first-order valence-electron chi connectivity index (χ1n) is 4.74. The smallest absolute Gasteiger partial charge is 0.177 e. The molecule has 1 rings (SSSR count). The fourth-order valence-electron chi connectivity index (χ4n) is 1.42. The predicted molar refractivity (Wildman–Crippen MR) is 63.6 cm³/mol. The van der Waals surface area contributed by atoms with Crippen LogP contribution in [0.15, 0.2) is 12.1 Å². The van der Waals surface area contributed by atoms with Gasteiger partial charge >= 0.3 is 0 Å². The van der Waals surface area contributed by atoms with E-state index < -0.39 is 0 Å². The maximum atomic E-state index is 11.5. The van der Waals surface area contributed by atoms with Gasteiger partial charge in [-0.1, -0.05) is 15.9 Å². The monoisotopic (exact) mass is 288 g/mol. The number of halogens is 1. The third kappa shape index (κ3) is 2.74. The van der Waals surface area contributed by atoms with E-state index in [-0.39, 0.29) is 29.0 Å². The number of aromatic hydroxyl groups is 1. The van der Waals surface area contributed by atoms with Gasteiger partial charge in [-0.25, -0.2) is 0 Å². The van der Waals surface area contributed by atoms with E-state index in [4.69, 9.17) is 9.84 Å². The van der Waals surface area contributed by atoms with Crippen molar-refractivity contribution < 1.29 is 19.7 Å². The number of Topliss-reactive ketones (excluding diaryl/α,β-unsaturated/α-hetero) is 1. The SMILES string of the molecule is COc1cc(O)c(C(=O)CBr)cc1CCO. The lowest BCUT2D eigenvalue weighted by molar-refractivity contribution is 0.102. The number of alkyl halides is 1. The molecule has 0 bridgehead atoms. The average Bonchev–Trinajstić information content (AvgIpc) is 2.30. The second kappa shape index (κ2) is 5.86. The lowest BCUT2D eigenvalue weighted by Gasteiger charge is -2.10. The van der Waals surface area contributed by atoms with Crippen LogP contribution in [-0.2, 0) is 6.42 Å². The molecule has 1 aromatic carbocycles. The molecule has 5 heteroatoms. The van der Waals surface area contributed by atoms with Crippen molar-refractivity contribution in [3.8, 4) is 11.5 Å². The predicted octanol–water partition coefficient (Wildman–Crippen LogP) is 1.51. The summed E-state index contributed by atoms with van der Waals surface area (Å²) in [5.74, 6) is 0.153. The number of phenols is 1. The van der Waals surface area contributed by atoms with Gasteiger partial charge in [0.2, 0.25) is 0 Å². The summed E-state index contributed by atoms with van der Waals surface area (Å²) in [4.78, 5) is 11.5. The Bertz CT molecular complexity index is 390. The Hall–Kier alpha value is -1.07. The van der Waals surface area contributed by atoms with Crippen molar-refractivity contribution in [2.45, 2.75) is 6.42 Å². The van der Waals surface area contributed by atoms with E-state index in [2.05, 4.69) is 15.9 Å². The number of carbonyl (C=O) groups is 1. The Kier molecular flexibility index (Phi) is 4.76. The third-order valence-electron chi connectivity index (χ3n) is 2.20. The Morgan fingerprint density at radius 2 is 2.19 bits per heavy atom. The minimum absolute atomic E-state index is 0.0386. The first-order chi connectivity index (χ1) is 7.63. The van der Waals surface area contributed by atoms with Gasteiger partial charge in [0, 0.05) is 12.7 Å². The summed E-state index contributed by atoms with van der Waals surface area (Å²) >= 11 is 3.04. The van der Waals surface area contributed by atoms with Crippen molar-refractivity contribution in [2.75, 3.05) is 19.0 Å². The molecule has 2 N–H and O–H groups in total. The Labute approximate surface area is 102 Å². The first-order valence-corrected chi connectivity index (χ1v) is 5.86. The number of methoxy groups -OCH3 is 1. The molecule has 0 unspecified atom stereocenters. The minimum atomic E-state index is -0.209. The van der Waals surface area contributed by atoms with Crippen molar-refractivity contribution in [1.82, 2.24) is 0 Å². The summed E-state index contributed by atoms with van der Waals surface area (Å²) in [6.07, 6.45) is 0.381. The highest BCUT2D eigenvalue weighted by Gasteiger charge is 2.14. The maximum Gasteiger partial charge on any atom is 0.177 e. The quantitative estimate of drug-likeness (QED) is 0.637. The lowest BCUT2D eigenvalue weighted by Crippen LogP contribution is -2.04. The standard InChI is InChI=1S/C11H13BrO4/c1-16-11-5-9(14)8(10(15)6-12)4-7(11)2-3-13/h4-5,13-14H,2-3,6H2,1H3. The van der Waals surface area contributed by atoms with E-state index >= 15 is 0 Å². The van der Waals surface area contributed by atoms with Crippen molar-refractivity contribution in [1.29, 1.82) is 0 Å². The molecule has 16 heavy (non-hydrogen) atoms. The number of rotatable bonds is 5. The lowest BCUT2D eigenvalue weighted by atomic mass is 10.0. The molecule has 4 nitrogen and oxygen atoms in total. The average molecular weight is 289 g/mol. The van der Waals surface area contributed by atoms with Crippen LogP contribution in [0.5, 0.6) is 11.5 Å². The van der Waals surface area contributed by atoms with Crippen LogP contribution < -0.4 is 4.74 Å². The van der Waals surface area contributed by atoms with Crippen LogP contribution in [0.25, 0.3) is 0 Å². The summed E-state index contributed by atoms with van der Waals surface area (Å²) in [6.45, 7) is -0.0386. The molecular formula is C11H13BrO4. The Morgan fingerprint density at radius 3 is 2.69 bits per heavy atom. The number of ether oxygens (including phenoxy) is 1. The van der Waals surface area contributed by atoms with Gasteiger partial charge in [0.25, 0.3) is 0 Å². The Balaban J connectivity index is 3.21. The maximum absolute atomic E-state index is 11.5. The molecule has 0 amide bonds. The number of aliphatic hydroxyl groups excluding tert-OH is 1. The molecule has 0 fully saturated rings. The van der Waals surface area contributed by atoms with Crippen LogP contribution in [0.1, 0.15) is 15.9 Å². The van der Waals surface area contributed by atoms with E-state index in [0.29, 0.717) is 17.7 Å². The van der Waals surface area contributed by atoms with Gasteiger partial charge < -0.3 is 14.9 Å². The molecule has 0 saturated heterocycles. The van der Waals surface area contributed by atoms with Crippen molar-refractivity contribution in [2.24, 2.45) is 0 Å². The summed E-state index contributed by atoms with van der Waals surface area (Å²) < 4.78 is 5.05. The number of ketones is 1. The van der Waals surface area contributed by atoms with Crippen molar-refractivity contribution in [3.05, 3.63) is 23.3 Å². The molecule has 0 spiro atoms. The van der Waals surface area contributed by atoms with Gasteiger partial charge in [-0.15, -0.1) is 0 Å². The number of aliphatic hydroxyl groups is 1. The highest BCUT2D eigenvalue weighted by atomic mass is 79.9.